The fourth-order valence-corrected chi connectivity index (χ4v) is 11.3. The van der Waals surface area contributed by atoms with Crippen LogP contribution in [0.1, 0.15) is 116 Å². The molecule has 4 aromatic carbocycles. The molecule has 0 spiro atoms. The molecule has 4 aromatic rings. The van der Waals surface area contributed by atoms with Crippen LogP contribution in [0.5, 0.6) is 0 Å². The molecular weight excluding hydrogens is 848 g/mol. The van der Waals surface area contributed by atoms with Gasteiger partial charge in [0, 0.05) is 5.56 Å². The molecule has 0 atom stereocenters. The Morgan fingerprint density at radius 3 is 1.14 bits per heavy atom. The molecule has 63 heavy (non-hydrogen) atoms. The Morgan fingerprint density at radius 1 is 0.460 bits per heavy atom. The minimum Gasteiger partial charge on any atom is -0.460 e. The minimum atomic E-state index is -5.15. The van der Waals surface area contributed by atoms with E-state index in [1.54, 1.807) is 114 Å². The summed E-state index contributed by atoms with van der Waals surface area (Å²) in [6, 6.07) is 29.6. The molecule has 14 heteroatoms. The fourth-order valence-electron chi connectivity index (χ4n) is 6.59. The largest absolute Gasteiger partial charge is 0.460 e. The first-order valence-corrected chi connectivity index (χ1v) is 24.2. The summed E-state index contributed by atoms with van der Waals surface area (Å²) < 4.78 is 95.7. The molecule has 0 amide bonds. The second kappa shape index (κ2) is 20.0. The number of rotatable bonds is 18. The van der Waals surface area contributed by atoms with Gasteiger partial charge in [-0.05, 0) is 124 Å². The zero-order valence-electron chi connectivity index (χ0n) is 38.7. The van der Waals surface area contributed by atoms with Crippen molar-refractivity contribution in [3.8, 4) is 0 Å². The maximum Gasteiger partial charge on any atom is 0.405 e. The lowest BCUT2D eigenvalue weighted by molar-refractivity contribution is -0.174. The molecule has 0 fully saturated rings. The van der Waals surface area contributed by atoms with E-state index in [-0.39, 0.29) is 32.2 Å². The molecule has 0 aliphatic rings. The number of benzene rings is 4. The highest BCUT2D eigenvalue weighted by Gasteiger charge is 2.58. The third kappa shape index (κ3) is 15.6. The van der Waals surface area contributed by atoms with E-state index in [0.29, 0.717) is 27.8 Å². The molecule has 4 rings (SSSR count). The molecule has 0 heterocycles. The smallest absolute Gasteiger partial charge is 0.405 e. The van der Waals surface area contributed by atoms with E-state index in [9.17, 15) is 18.7 Å². The van der Waals surface area contributed by atoms with Crippen LogP contribution in [0.2, 0.25) is 0 Å². The summed E-state index contributed by atoms with van der Waals surface area (Å²) in [4.78, 5) is 29.3. The lowest BCUT2D eigenvalue weighted by Gasteiger charge is -2.36. The Hall–Kier alpha value is -4.02. The highest BCUT2D eigenvalue weighted by molar-refractivity contribution is 7.54. The zero-order valence-corrected chi connectivity index (χ0v) is 40.4. The van der Waals surface area contributed by atoms with Crippen LogP contribution in [-0.2, 0) is 84.2 Å². The second-order valence-corrected chi connectivity index (χ2v) is 23.5. The molecule has 0 radical (unpaired) electrons. The Balaban J connectivity index is 1.80. The van der Waals surface area contributed by atoms with Crippen LogP contribution in [0, 0.1) is 5.41 Å². The molecule has 10 nitrogen and oxygen atoms in total. The Morgan fingerprint density at radius 2 is 0.794 bits per heavy atom. The maximum atomic E-state index is 16.4. The second-order valence-electron chi connectivity index (χ2n) is 19.7. The number of alkyl halides is 2. The van der Waals surface area contributed by atoms with Gasteiger partial charge in [-0.15, -0.1) is 0 Å². The van der Waals surface area contributed by atoms with Crippen molar-refractivity contribution in [2.75, 3.05) is 0 Å². The van der Waals surface area contributed by atoms with Crippen molar-refractivity contribution in [3.63, 3.8) is 0 Å². The number of esters is 2. The summed E-state index contributed by atoms with van der Waals surface area (Å²) in [6.07, 6.45) is -0.601. The van der Waals surface area contributed by atoms with Gasteiger partial charge in [0.2, 0.25) is 0 Å². The summed E-state index contributed by atoms with van der Waals surface area (Å²) >= 11 is 0. The number of carbonyl (C=O) groups is 2. The SMILES string of the molecule is CC(C)(C)OP(=O)(Cc1ccc(CC(Cc2ccc(C(F)(F)P(=O)(OC(C)(C)C)OC(C)(C)C)cc2)(C(=O)OCc2ccccc2)C(=O)OCc2ccccc2)cc1)OC(C)(C)C. The van der Waals surface area contributed by atoms with E-state index < -0.39 is 66.2 Å². The first-order valence-electron chi connectivity index (χ1n) is 20.9. The molecule has 0 bridgehead atoms. The third-order valence-corrected chi connectivity index (χ3v) is 13.8. The molecular formula is C49H64F2O10P2. The van der Waals surface area contributed by atoms with Gasteiger partial charge in [0.05, 0.1) is 28.6 Å². The summed E-state index contributed by atoms with van der Waals surface area (Å²) in [5.41, 5.74) is -8.01. The molecule has 0 N–H and O–H groups in total. The molecule has 0 aliphatic carbocycles. The predicted molar refractivity (Wildman–Crippen MR) is 241 cm³/mol. The molecule has 0 saturated heterocycles. The minimum absolute atomic E-state index is 0.0449. The van der Waals surface area contributed by atoms with Gasteiger partial charge in [-0.1, -0.05) is 109 Å². The van der Waals surface area contributed by atoms with Gasteiger partial charge < -0.3 is 18.5 Å². The van der Waals surface area contributed by atoms with Crippen molar-refractivity contribution < 1.29 is 55.1 Å². The lowest BCUT2D eigenvalue weighted by Crippen LogP contribution is -2.45. The van der Waals surface area contributed by atoms with E-state index in [1.165, 1.54) is 53.7 Å². The quantitative estimate of drug-likeness (QED) is 0.0541. The van der Waals surface area contributed by atoms with Crippen molar-refractivity contribution in [2.24, 2.45) is 5.41 Å². The van der Waals surface area contributed by atoms with Crippen molar-refractivity contribution in [2.45, 2.75) is 143 Å². The highest BCUT2D eigenvalue weighted by atomic mass is 31.2. The van der Waals surface area contributed by atoms with Gasteiger partial charge in [0.1, 0.15) is 13.2 Å². The monoisotopic (exact) mass is 912 g/mol. The highest BCUT2D eigenvalue weighted by Crippen LogP contribution is 2.70. The summed E-state index contributed by atoms with van der Waals surface area (Å²) in [5.74, 6) is -1.79. The average molecular weight is 913 g/mol. The van der Waals surface area contributed by atoms with Crippen molar-refractivity contribution >= 4 is 27.1 Å². The van der Waals surface area contributed by atoms with Gasteiger partial charge in [0.15, 0.2) is 5.41 Å². The van der Waals surface area contributed by atoms with Gasteiger partial charge in [0.25, 0.3) is 0 Å². The van der Waals surface area contributed by atoms with Crippen LogP contribution in [0.3, 0.4) is 0 Å². The number of halogens is 2. The van der Waals surface area contributed by atoms with Crippen molar-refractivity contribution in [1.29, 1.82) is 0 Å². The van der Waals surface area contributed by atoms with Crippen LogP contribution in [0.15, 0.2) is 109 Å². The zero-order chi connectivity index (χ0) is 47.1. The molecule has 0 aromatic heterocycles. The Kier molecular flexibility index (Phi) is 16.4. The first kappa shape index (κ1) is 51.6. The standard InChI is InChI=1S/C49H64F2O10P2/c1-44(2,3)58-62(54,59-45(4,5)6)35-40-25-23-36(24-26-40)31-48(42(52)56-33-38-19-15-13-16-20-38,43(53)57-34-39-21-17-14-18-22-39)32-37-27-29-41(30-28-37)49(50,51)63(55,60-46(7,8)9)61-47(10,11)12/h13-30H,31-35H2,1-12H3. The van der Waals surface area contributed by atoms with E-state index in [0.717, 1.165) is 12.1 Å². The van der Waals surface area contributed by atoms with Crippen LogP contribution in [0.4, 0.5) is 8.78 Å². The van der Waals surface area contributed by atoms with Crippen LogP contribution in [-0.4, -0.2) is 34.3 Å². The van der Waals surface area contributed by atoms with Gasteiger partial charge >= 0.3 is 32.8 Å². The van der Waals surface area contributed by atoms with Crippen LogP contribution < -0.4 is 0 Å². The maximum absolute atomic E-state index is 16.4. The average Bonchev–Trinajstić information content (AvgIpc) is 3.14. The van der Waals surface area contributed by atoms with Gasteiger partial charge in [-0.25, -0.2) is 0 Å². The molecule has 0 saturated carbocycles. The Labute approximate surface area is 372 Å². The van der Waals surface area contributed by atoms with Gasteiger partial charge in [-0.3, -0.25) is 27.8 Å². The molecule has 0 unspecified atom stereocenters. The molecule has 0 aliphatic heterocycles. The fraction of sp³-hybridized carbons (Fsp3) is 0.469. The number of hydrogen-bond donors (Lipinski definition) is 0. The topological polar surface area (TPSA) is 124 Å². The van der Waals surface area contributed by atoms with Gasteiger partial charge in [-0.2, -0.15) is 8.78 Å². The third-order valence-electron chi connectivity index (χ3n) is 8.88. The molecule has 344 valence electrons. The summed E-state index contributed by atoms with van der Waals surface area (Å²) in [6.45, 7) is 19.5. The van der Waals surface area contributed by atoms with E-state index >= 15 is 8.78 Å². The summed E-state index contributed by atoms with van der Waals surface area (Å²) in [7, 11) is -8.83. The van der Waals surface area contributed by atoms with Crippen molar-refractivity contribution in [1.82, 2.24) is 0 Å². The Bertz CT molecular complexity index is 2120. The lowest BCUT2D eigenvalue weighted by atomic mass is 9.76. The number of carbonyl (C=O) groups excluding carboxylic acids is 2. The van der Waals surface area contributed by atoms with E-state index in [4.69, 9.17) is 27.6 Å². The van der Waals surface area contributed by atoms with Crippen LogP contribution in [0.25, 0.3) is 0 Å². The number of ether oxygens (including phenoxy) is 2. The first-order chi connectivity index (χ1) is 28.9. The van der Waals surface area contributed by atoms with Crippen molar-refractivity contribution in [3.05, 3.63) is 143 Å². The normalized spacial score (nSPS) is 13.4. The van der Waals surface area contributed by atoms with Crippen LogP contribution >= 0.6 is 15.2 Å². The summed E-state index contributed by atoms with van der Waals surface area (Å²) in [5, 5.41) is 0. The van der Waals surface area contributed by atoms with E-state index in [1.807, 2.05) is 12.1 Å². The predicted octanol–water partition coefficient (Wildman–Crippen LogP) is 13.1. The number of hydrogen-bond acceptors (Lipinski definition) is 10. The van der Waals surface area contributed by atoms with E-state index in [2.05, 4.69) is 0 Å².